The van der Waals surface area contributed by atoms with Gasteiger partial charge in [0.1, 0.15) is 0 Å². The van der Waals surface area contributed by atoms with E-state index >= 15 is 0 Å². The van der Waals surface area contributed by atoms with Crippen LogP contribution in [0, 0.1) is 0 Å². The molecular formula is C10H14N2O2. The second-order valence-corrected chi connectivity index (χ2v) is 3.33. The zero-order valence-corrected chi connectivity index (χ0v) is 8.03. The topological polar surface area (TPSA) is 75.3 Å². The molecule has 1 aromatic carbocycles. The van der Waals surface area contributed by atoms with Gasteiger partial charge in [0.25, 0.3) is 0 Å². The highest BCUT2D eigenvalue weighted by atomic mass is 16.3. The molecule has 76 valence electrons. The molecule has 0 heterocycles. The van der Waals surface area contributed by atoms with E-state index in [1.807, 2.05) is 18.2 Å². The van der Waals surface area contributed by atoms with E-state index in [2.05, 4.69) is 5.43 Å². The fraction of sp³-hybridized carbons (Fsp3) is 0.300. The summed E-state index contributed by atoms with van der Waals surface area (Å²) in [4.78, 5) is 11.5. The number of carbonyl (C=O) groups excluding carboxylic acids is 1. The van der Waals surface area contributed by atoms with Crippen molar-refractivity contribution in [3.8, 4) is 0 Å². The summed E-state index contributed by atoms with van der Waals surface area (Å²) >= 11 is 0. The van der Waals surface area contributed by atoms with Gasteiger partial charge in [0, 0.05) is 0 Å². The summed E-state index contributed by atoms with van der Waals surface area (Å²) in [6, 6.07) is 9.04. The molecule has 1 atom stereocenters. The van der Waals surface area contributed by atoms with E-state index < -0.39 is 11.3 Å². The molecule has 14 heavy (non-hydrogen) atoms. The lowest BCUT2D eigenvalue weighted by atomic mass is 9.82. The van der Waals surface area contributed by atoms with E-state index in [0.29, 0.717) is 0 Å². The van der Waals surface area contributed by atoms with Crippen LogP contribution < -0.4 is 11.3 Å². The van der Waals surface area contributed by atoms with Gasteiger partial charge in [-0.3, -0.25) is 10.2 Å². The Balaban J connectivity index is 3.08. The van der Waals surface area contributed by atoms with Crippen LogP contribution in [0.3, 0.4) is 0 Å². The van der Waals surface area contributed by atoms with E-state index in [9.17, 15) is 9.90 Å². The first kappa shape index (κ1) is 10.7. The van der Waals surface area contributed by atoms with Gasteiger partial charge in [-0.1, -0.05) is 30.3 Å². The van der Waals surface area contributed by atoms with Crippen molar-refractivity contribution in [1.82, 2.24) is 5.43 Å². The van der Waals surface area contributed by atoms with Crippen LogP contribution in [0.2, 0.25) is 0 Å². The van der Waals surface area contributed by atoms with E-state index in [1.165, 1.54) is 0 Å². The maximum absolute atomic E-state index is 11.5. The standard InChI is InChI=1S/C10H14N2O2/c1-10(7-13,9(14)12-11)8-5-3-2-4-6-8/h2-6,13H,7,11H2,1H3,(H,12,14). The summed E-state index contributed by atoms with van der Waals surface area (Å²) in [6.45, 7) is 1.37. The lowest BCUT2D eigenvalue weighted by molar-refractivity contribution is -0.127. The monoisotopic (exact) mass is 194 g/mol. The highest BCUT2D eigenvalue weighted by molar-refractivity contribution is 5.87. The van der Waals surface area contributed by atoms with Gasteiger partial charge in [-0.2, -0.15) is 0 Å². The van der Waals surface area contributed by atoms with E-state index in [-0.39, 0.29) is 6.61 Å². The average molecular weight is 194 g/mol. The van der Waals surface area contributed by atoms with Crippen LogP contribution in [0.4, 0.5) is 0 Å². The van der Waals surface area contributed by atoms with Gasteiger partial charge in [-0.05, 0) is 12.5 Å². The van der Waals surface area contributed by atoms with Gasteiger partial charge in [-0.25, -0.2) is 5.84 Å². The molecule has 0 aliphatic rings. The van der Waals surface area contributed by atoms with Crippen molar-refractivity contribution in [2.24, 2.45) is 5.84 Å². The molecule has 0 saturated heterocycles. The Hall–Kier alpha value is -1.39. The summed E-state index contributed by atoms with van der Waals surface area (Å²) in [5, 5.41) is 9.22. The third-order valence-corrected chi connectivity index (χ3v) is 2.36. The fourth-order valence-corrected chi connectivity index (χ4v) is 1.26. The number of nitrogens with one attached hydrogen (secondary N) is 1. The van der Waals surface area contributed by atoms with Crippen molar-refractivity contribution in [2.45, 2.75) is 12.3 Å². The minimum Gasteiger partial charge on any atom is -0.395 e. The Bertz CT molecular complexity index is 313. The number of hydrogen-bond donors (Lipinski definition) is 3. The molecular weight excluding hydrogens is 180 g/mol. The van der Waals surface area contributed by atoms with Crippen LogP contribution >= 0.6 is 0 Å². The van der Waals surface area contributed by atoms with Crippen LogP contribution in [-0.4, -0.2) is 17.6 Å². The predicted octanol–water partition coefficient (Wildman–Crippen LogP) is -0.0735. The Morgan fingerprint density at radius 1 is 1.50 bits per heavy atom. The summed E-state index contributed by atoms with van der Waals surface area (Å²) in [5.74, 6) is 4.66. The predicted molar refractivity (Wildman–Crippen MR) is 53.2 cm³/mol. The second kappa shape index (κ2) is 4.21. The fourth-order valence-electron chi connectivity index (χ4n) is 1.26. The van der Waals surface area contributed by atoms with Crippen LogP contribution in [0.25, 0.3) is 0 Å². The third kappa shape index (κ3) is 1.76. The summed E-state index contributed by atoms with van der Waals surface area (Å²) in [7, 11) is 0. The zero-order valence-electron chi connectivity index (χ0n) is 8.03. The molecule has 0 spiro atoms. The lowest BCUT2D eigenvalue weighted by Crippen LogP contribution is -2.47. The second-order valence-electron chi connectivity index (χ2n) is 3.33. The lowest BCUT2D eigenvalue weighted by Gasteiger charge is -2.25. The summed E-state index contributed by atoms with van der Waals surface area (Å²) < 4.78 is 0. The Labute approximate surface area is 82.7 Å². The highest BCUT2D eigenvalue weighted by Gasteiger charge is 2.33. The van der Waals surface area contributed by atoms with Gasteiger partial charge in [-0.15, -0.1) is 0 Å². The van der Waals surface area contributed by atoms with Crippen LogP contribution in [0.15, 0.2) is 30.3 Å². The quantitative estimate of drug-likeness (QED) is 0.358. The van der Waals surface area contributed by atoms with E-state index in [1.54, 1.807) is 19.1 Å². The van der Waals surface area contributed by atoms with Gasteiger partial charge in [0.2, 0.25) is 5.91 Å². The minimum atomic E-state index is -0.976. The molecule has 0 saturated carbocycles. The van der Waals surface area contributed by atoms with Crippen LogP contribution in [0.5, 0.6) is 0 Å². The molecule has 4 nitrogen and oxygen atoms in total. The SMILES string of the molecule is CC(CO)(C(=O)NN)c1ccccc1. The number of amides is 1. The average Bonchev–Trinajstić information content (AvgIpc) is 2.28. The number of aliphatic hydroxyl groups excluding tert-OH is 1. The Kier molecular flexibility index (Phi) is 3.22. The Morgan fingerprint density at radius 2 is 2.07 bits per heavy atom. The normalized spacial score (nSPS) is 14.5. The molecule has 1 amide bonds. The van der Waals surface area contributed by atoms with E-state index in [0.717, 1.165) is 5.56 Å². The van der Waals surface area contributed by atoms with Crippen molar-refractivity contribution in [1.29, 1.82) is 0 Å². The zero-order chi connectivity index (χ0) is 10.6. The van der Waals surface area contributed by atoms with Crippen molar-refractivity contribution in [2.75, 3.05) is 6.61 Å². The highest BCUT2D eigenvalue weighted by Crippen LogP contribution is 2.22. The summed E-state index contributed by atoms with van der Waals surface area (Å²) in [5.41, 5.74) is 1.82. The van der Waals surface area contributed by atoms with Crippen LogP contribution in [-0.2, 0) is 10.2 Å². The molecule has 0 bridgehead atoms. The van der Waals surface area contributed by atoms with Gasteiger partial charge in [0.15, 0.2) is 0 Å². The molecule has 0 fully saturated rings. The molecule has 0 aromatic heterocycles. The summed E-state index contributed by atoms with van der Waals surface area (Å²) in [6.07, 6.45) is 0. The molecule has 4 N–H and O–H groups in total. The number of benzene rings is 1. The molecule has 1 rings (SSSR count). The van der Waals surface area contributed by atoms with Crippen molar-refractivity contribution in [3.63, 3.8) is 0 Å². The largest absolute Gasteiger partial charge is 0.395 e. The van der Waals surface area contributed by atoms with Gasteiger partial charge >= 0.3 is 0 Å². The van der Waals surface area contributed by atoms with Crippen molar-refractivity contribution >= 4 is 5.91 Å². The number of hydrogen-bond acceptors (Lipinski definition) is 3. The van der Waals surface area contributed by atoms with E-state index in [4.69, 9.17) is 5.84 Å². The van der Waals surface area contributed by atoms with Crippen molar-refractivity contribution < 1.29 is 9.90 Å². The maximum atomic E-state index is 11.5. The molecule has 4 heteroatoms. The number of aliphatic hydroxyl groups is 1. The molecule has 0 aliphatic carbocycles. The number of carbonyl (C=O) groups is 1. The maximum Gasteiger partial charge on any atom is 0.246 e. The first-order valence-corrected chi connectivity index (χ1v) is 4.32. The third-order valence-electron chi connectivity index (χ3n) is 2.36. The molecule has 0 aliphatic heterocycles. The number of nitrogens with two attached hydrogens (primary N) is 1. The number of hydrazine groups is 1. The van der Waals surface area contributed by atoms with Crippen molar-refractivity contribution in [3.05, 3.63) is 35.9 Å². The first-order valence-electron chi connectivity index (χ1n) is 4.32. The molecule has 0 radical (unpaired) electrons. The molecule has 1 aromatic rings. The Morgan fingerprint density at radius 3 is 2.50 bits per heavy atom. The van der Waals surface area contributed by atoms with Gasteiger partial charge in [0.05, 0.1) is 12.0 Å². The first-order chi connectivity index (χ1) is 6.65. The van der Waals surface area contributed by atoms with Crippen LogP contribution in [0.1, 0.15) is 12.5 Å². The number of rotatable bonds is 3. The van der Waals surface area contributed by atoms with Gasteiger partial charge < -0.3 is 5.11 Å². The smallest absolute Gasteiger partial charge is 0.246 e. The molecule has 1 unspecified atom stereocenters. The minimum absolute atomic E-state index is 0.278.